The molecule has 5 heteroatoms. The summed E-state index contributed by atoms with van der Waals surface area (Å²) < 4.78 is 0. The first-order chi connectivity index (χ1) is 6.76. The van der Waals surface area contributed by atoms with E-state index in [2.05, 4.69) is 22.1 Å². The molecule has 0 aromatic rings. The van der Waals surface area contributed by atoms with E-state index in [4.69, 9.17) is 5.84 Å². The molecule has 1 aliphatic heterocycles. The zero-order valence-electron chi connectivity index (χ0n) is 8.83. The third-order valence-electron chi connectivity index (χ3n) is 2.73. The lowest BCUT2D eigenvalue weighted by Gasteiger charge is -2.33. The maximum absolute atomic E-state index is 10.9. The minimum absolute atomic E-state index is 0.0806. The summed E-state index contributed by atoms with van der Waals surface area (Å²) in [5, 5.41) is 0. The number of carbonyl (C=O) groups is 1. The molecule has 82 valence electrons. The molecule has 0 aromatic heterocycles. The molecule has 1 amide bonds. The standard InChI is InChI=1S/C9H20N4O/c1-2-12-5-7-13(8-6-12)4-3-9(14)11-10/h2-8,10H2,1H3,(H,11,14). The summed E-state index contributed by atoms with van der Waals surface area (Å²) in [5.74, 6) is 4.92. The van der Waals surface area contributed by atoms with Gasteiger partial charge < -0.3 is 9.80 Å². The van der Waals surface area contributed by atoms with Crippen LogP contribution < -0.4 is 11.3 Å². The van der Waals surface area contributed by atoms with Crippen molar-refractivity contribution < 1.29 is 4.79 Å². The highest BCUT2D eigenvalue weighted by Gasteiger charge is 2.15. The molecule has 1 saturated heterocycles. The second kappa shape index (κ2) is 5.95. The fourth-order valence-corrected chi connectivity index (χ4v) is 1.66. The van der Waals surface area contributed by atoms with Crippen molar-refractivity contribution in [3.05, 3.63) is 0 Å². The largest absolute Gasteiger partial charge is 0.301 e. The molecule has 1 aliphatic rings. The molecular weight excluding hydrogens is 180 g/mol. The first kappa shape index (κ1) is 11.4. The van der Waals surface area contributed by atoms with Gasteiger partial charge in [0, 0.05) is 39.1 Å². The smallest absolute Gasteiger partial charge is 0.235 e. The summed E-state index contributed by atoms with van der Waals surface area (Å²) in [5.41, 5.74) is 2.15. The van der Waals surface area contributed by atoms with Crippen LogP contribution in [0, 0.1) is 0 Å². The molecule has 0 saturated carbocycles. The molecule has 0 unspecified atom stereocenters. The third kappa shape index (κ3) is 3.61. The number of amides is 1. The van der Waals surface area contributed by atoms with Gasteiger partial charge >= 0.3 is 0 Å². The quantitative estimate of drug-likeness (QED) is 0.347. The minimum Gasteiger partial charge on any atom is -0.301 e. The molecule has 1 heterocycles. The van der Waals surface area contributed by atoms with Crippen LogP contribution in [-0.2, 0) is 4.79 Å². The Hall–Kier alpha value is -0.650. The molecule has 0 aliphatic carbocycles. The molecule has 14 heavy (non-hydrogen) atoms. The summed E-state index contributed by atoms with van der Waals surface area (Å²) >= 11 is 0. The van der Waals surface area contributed by atoms with E-state index in [0.29, 0.717) is 6.42 Å². The zero-order chi connectivity index (χ0) is 10.4. The molecule has 3 N–H and O–H groups in total. The Labute approximate surface area is 85.2 Å². The van der Waals surface area contributed by atoms with E-state index in [9.17, 15) is 4.79 Å². The molecule has 0 spiro atoms. The maximum Gasteiger partial charge on any atom is 0.235 e. The minimum atomic E-state index is -0.0806. The summed E-state index contributed by atoms with van der Waals surface area (Å²) in [6.07, 6.45) is 0.503. The average Bonchev–Trinajstić information content (AvgIpc) is 2.26. The Balaban J connectivity index is 2.13. The van der Waals surface area contributed by atoms with E-state index in [-0.39, 0.29) is 5.91 Å². The Morgan fingerprint density at radius 3 is 2.36 bits per heavy atom. The number of likely N-dealkylation sites (N-methyl/N-ethyl adjacent to an activating group) is 1. The van der Waals surface area contributed by atoms with Crippen LogP contribution in [0.2, 0.25) is 0 Å². The highest BCUT2D eigenvalue weighted by atomic mass is 16.2. The first-order valence-electron chi connectivity index (χ1n) is 5.20. The average molecular weight is 200 g/mol. The topological polar surface area (TPSA) is 61.6 Å². The lowest BCUT2D eigenvalue weighted by atomic mass is 10.3. The lowest BCUT2D eigenvalue weighted by Crippen LogP contribution is -2.47. The molecule has 0 radical (unpaired) electrons. The predicted molar refractivity (Wildman–Crippen MR) is 55.5 cm³/mol. The van der Waals surface area contributed by atoms with Crippen molar-refractivity contribution in [1.82, 2.24) is 15.2 Å². The summed E-state index contributed by atoms with van der Waals surface area (Å²) in [4.78, 5) is 15.6. The van der Waals surface area contributed by atoms with E-state index < -0.39 is 0 Å². The van der Waals surface area contributed by atoms with Crippen LogP contribution in [0.15, 0.2) is 0 Å². The van der Waals surface area contributed by atoms with Crippen molar-refractivity contribution in [2.75, 3.05) is 39.3 Å². The van der Waals surface area contributed by atoms with Gasteiger partial charge in [0.1, 0.15) is 0 Å². The van der Waals surface area contributed by atoms with Crippen LogP contribution >= 0.6 is 0 Å². The SMILES string of the molecule is CCN1CCN(CCC(=O)NN)CC1. The Morgan fingerprint density at radius 1 is 1.29 bits per heavy atom. The number of rotatable bonds is 4. The van der Waals surface area contributed by atoms with Crippen LogP contribution in [-0.4, -0.2) is 55.0 Å². The molecule has 0 atom stereocenters. The van der Waals surface area contributed by atoms with Crippen molar-refractivity contribution in [1.29, 1.82) is 0 Å². The Morgan fingerprint density at radius 2 is 1.86 bits per heavy atom. The monoisotopic (exact) mass is 200 g/mol. The van der Waals surface area contributed by atoms with Crippen molar-refractivity contribution in [3.63, 3.8) is 0 Å². The van der Waals surface area contributed by atoms with Crippen LogP contribution in [0.25, 0.3) is 0 Å². The zero-order valence-corrected chi connectivity index (χ0v) is 8.83. The van der Waals surface area contributed by atoms with Gasteiger partial charge in [0.2, 0.25) is 5.91 Å². The summed E-state index contributed by atoms with van der Waals surface area (Å²) in [7, 11) is 0. The summed E-state index contributed by atoms with van der Waals surface area (Å²) in [6, 6.07) is 0. The molecule has 1 rings (SSSR count). The van der Waals surface area contributed by atoms with Gasteiger partial charge in [-0.3, -0.25) is 10.2 Å². The molecule has 1 fully saturated rings. The van der Waals surface area contributed by atoms with Gasteiger partial charge in [-0.25, -0.2) is 5.84 Å². The third-order valence-corrected chi connectivity index (χ3v) is 2.73. The van der Waals surface area contributed by atoms with Gasteiger partial charge in [-0.15, -0.1) is 0 Å². The van der Waals surface area contributed by atoms with Crippen LogP contribution in [0.4, 0.5) is 0 Å². The van der Waals surface area contributed by atoms with Gasteiger partial charge in [0.25, 0.3) is 0 Å². The molecule has 0 bridgehead atoms. The van der Waals surface area contributed by atoms with Gasteiger partial charge in [-0.2, -0.15) is 0 Å². The van der Waals surface area contributed by atoms with Crippen molar-refractivity contribution in [2.45, 2.75) is 13.3 Å². The van der Waals surface area contributed by atoms with Crippen LogP contribution in [0.1, 0.15) is 13.3 Å². The van der Waals surface area contributed by atoms with Crippen molar-refractivity contribution in [2.24, 2.45) is 5.84 Å². The Kier molecular flexibility index (Phi) is 4.86. The van der Waals surface area contributed by atoms with E-state index in [0.717, 1.165) is 39.3 Å². The number of piperazine rings is 1. The highest BCUT2D eigenvalue weighted by molar-refractivity contribution is 5.75. The van der Waals surface area contributed by atoms with Crippen LogP contribution in [0.5, 0.6) is 0 Å². The number of hydrazine groups is 1. The van der Waals surface area contributed by atoms with E-state index in [1.54, 1.807) is 0 Å². The van der Waals surface area contributed by atoms with Gasteiger partial charge in [0.15, 0.2) is 0 Å². The fraction of sp³-hybridized carbons (Fsp3) is 0.889. The van der Waals surface area contributed by atoms with Crippen molar-refractivity contribution >= 4 is 5.91 Å². The maximum atomic E-state index is 10.9. The van der Waals surface area contributed by atoms with Crippen LogP contribution in [0.3, 0.4) is 0 Å². The lowest BCUT2D eigenvalue weighted by molar-refractivity contribution is -0.121. The number of carbonyl (C=O) groups excluding carboxylic acids is 1. The second-order valence-corrected chi connectivity index (χ2v) is 3.59. The number of nitrogens with two attached hydrogens (primary N) is 1. The van der Waals surface area contributed by atoms with E-state index >= 15 is 0 Å². The molecular formula is C9H20N4O. The van der Waals surface area contributed by atoms with E-state index in [1.165, 1.54) is 0 Å². The van der Waals surface area contributed by atoms with Gasteiger partial charge in [0.05, 0.1) is 0 Å². The number of hydrogen-bond acceptors (Lipinski definition) is 4. The highest BCUT2D eigenvalue weighted by Crippen LogP contribution is 2.01. The second-order valence-electron chi connectivity index (χ2n) is 3.59. The summed E-state index contributed by atoms with van der Waals surface area (Å²) in [6.45, 7) is 8.47. The number of hydrogen-bond donors (Lipinski definition) is 2. The van der Waals surface area contributed by atoms with Gasteiger partial charge in [-0.1, -0.05) is 6.92 Å². The van der Waals surface area contributed by atoms with Crippen molar-refractivity contribution in [3.8, 4) is 0 Å². The normalized spacial score (nSPS) is 19.6. The van der Waals surface area contributed by atoms with E-state index in [1.807, 2.05) is 0 Å². The predicted octanol–water partition coefficient (Wildman–Crippen LogP) is -0.996. The molecule has 0 aromatic carbocycles. The number of nitrogens with one attached hydrogen (secondary N) is 1. The molecule has 5 nitrogen and oxygen atoms in total. The number of nitrogens with zero attached hydrogens (tertiary/aromatic N) is 2. The fourth-order valence-electron chi connectivity index (χ4n) is 1.66. The van der Waals surface area contributed by atoms with Gasteiger partial charge in [-0.05, 0) is 6.54 Å². The Bertz CT molecular complexity index is 178. The first-order valence-corrected chi connectivity index (χ1v) is 5.20.